The first-order valence-electron chi connectivity index (χ1n) is 12.1. The van der Waals surface area contributed by atoms with Crippen molar-refractivity contribution in [2.24, 2.45) is 17.6 Å². The van der Waals surface area contributed by atoms with Crippen LogP contribution >= 0.6 is 0 Å². The summed E-state index contributed by atoms with van der Waals surface area (Å²) in [4.78, 5) is 49.0. The van der Waals surface area contributed by atoms with Gasteiger partial charge in [-0.05, 0) is 55.8 Å². The molecule has 1 aromatic rings. The second kappa shape index (κ2) is 15.7. The van der Waals surface area contributed by atoms with Crippen LogP contribution < -0.4 is 27.0 Å². The highest BCUT2D eigenvalue weighted by molar-refractivity contribution is 5.98. The SMILES string of the molecule is CC(C)CNC(=O)OCc1ccc(NC(=O)[C@H](C)NC(=O)[C@@H](NC(=O)CCCCN)C(C)C)cc1. The minimum atomic E-state index is -0.814. The van der Waals surface area contributed by atoms with Crippen molar-refractivity contribution >= 4 is 29.5 Å². The van der Waals surface area contributed by atoms with Gasteiger partial charge in [-0.3, -0.25) is 14.4 Å². The van der Waals surface area contributed by atoms with Crippen LogP contribution in [0.5, 0.6) is 0 Å². The molecule has 0 heterocycles. The zero-order chi connectivity index (χ0) is 26.4. The summed E-state index contributed by atoms with van der Waals surface area (Å²) < 4.78 is 5.16. The molecule has 0 saturated carbocycles. The summed E-state index contributed by atoms with van der Waals surface area (Å²) in [6, 6.07) is 5.30. The number of hydrogen-bond donors (Lipinski definition) is 5. The topological polar surface area (TPSA) is 152 Å². The molecular formula is C25H41N5O5. The fraction of sp³-hybridized carbons (Fsp3) is 0.600. The molecule has 0 saturated heterocycles. The first-order chi connectivity index (χ1) is 16.5. The summed E-state index contributed by atoms with van der Waals surface area (Å²) in [5.41, 5.74) is 6.76. The van der Waals surface area contributed by atoms with Gasteiger partial charge in [0.05, 0.1) is 0 Å². The van der Waals surface area contributed by atoms with E-state index in [9.17, 15) is 19.2 Å². The Bertz CT molecular complexity index is 826. The molecule has 0 fully saturated rings. The lowest BCUT2D eigenvalue weighted by molar-refractivity contribution is -0.131. The Morgan fingerprint density at radius 2 is 1.57 bits per heavy atom. The lowest BCUT2D eigenvalue weighted by Crippen LogP contribution is -2.53. The monoisotopic (exact) mass is 491 g/mol. The Labute approximate surface area is 208 Å². The number of nitrogens with two attached hydrogens (primary N) is 1. The molecule has 4 amide bonds. The number of alkyl carbamates (subject to hydrolysis) is 1. The molecule has 35 heavy (non-hydrogen) atoms. The van der Waals surface area contributed by atoms with Crippen LogP contribution in [0.4, 0.5) is 10.5 Å². The van der Waals surface area contributed by atoms with E-state index < -0.39 is 30.0 Å². The molecule has 1 rings (SSSR count). The van der Waals surface area contributed by atoms with Crippen LogP contribution in [-0.4, -0.2) is 49.0 Å². The van der Waals surface area contributed by atoms with E-state index in [-0.39, 0.29) is 18.4 Å². The molecule has 0 spiro atoms. The van der Waals surface area contributed by atoms with E-state index in [4.69, 9.17) is 10.5 Å². The summed E-state index contributed by atoms with van der Waals surface area (Å²) in [5, 5.41) is 10.8. The van der Waals surface area contributed by atoms with Crippen molar-refractivity contribution in [3.63, 3.8) is 0 Å². The van der Waals surface area contributed by atoms with Gasteiger partial charge in [-0.15, -0.1) is 0 Å². The normalized spacial score (nSPS) is 12.6. The molecule has 0 unspecified atom stereocenters. The summed E-state index contributed by atoms with van der Waals surface area (Å²) in [6.07, 6.45) is 1.22. The molecule has 6 N–H and O–H groups in total. The number of benzene rings is 1. The molecular weight excluding hydrogens is 450 g/mol. The van der Waals surface area contributed by atoms with Crippen molar-refractivity contribution < 1.29 is 23.9 Å². The van der Waals surface area contributed by atoms with Crippen LogP contribution in [0, 0.1) is 11.8 Å². The maximum atomic E-state index is 12.7. The van der Waals surface area contributed by atoms with E-state index in [1.165, 1.54) is 0 Å². The van der Waals surface area contributed by atoms with Crippen molar-refractivity contribution in [3.05, 3.63) is 29.8 Å². The van der Waals surface area contributed by atoms with Crippen LogP contribution in [-0.2, 0) is 25.7 Å². The van der Waals surface area contributed by atoms with Gasteiger partial charge in [0.1, 0.15) is 18.7 Å². The molecule has 0 radical (unpaired) electrons. The van der Waals surface area contributed by atoms with Crippen molar-refractivity contribution in [3.8, 4) is 0 Å². The molecule has 0 aliphatic rings. The van der Waals surface area contributed by atoms with Gasteiger partial charge in [-0.25, -0.2) is 4.79 Å². The lowest BCUT2D eigenvalue weighted by atomic mass is 10.0. The van der Waals surface area contributed by atoms with Crippen LogP contribution in [0.2, 0.25) is 0 Å². The van der Waals surface area contributed by atoms with Gasteiger partial charge in [0, 0.05) is 18.7 Å². The minimum Gasteiger partial charge on any atom is -0.445 e. The van der Waals surface area contributed by atoms with Crippen molar-refractivity contribution in [1.29, 1.82) is 0 Å². The summed E-state index contributed by atoms with van der Waals surface area (Å²) in [6.45, 7) is 10.4. The molecule has 0 bridgehead atoms. The zero-order valence-corrected chi connectivity index (χ0v) is 21.5. The van der Waals surface area contributed by atoms with E-state index in [2.05, 4.69) is 21.3 Å². The minimum absolute atomic E-state index is 0.110. The van der Waals surface area contributed by atoms with E-state index in [0.717, 1.165) is 12.0 Å². The molecule has 0 aliphatic carbocycles. The van der Waals surface area contributed by atoms with E-state index in [1.807, 2.05) is 27.7 Å². The number of anilines is 1. The Kier molecular flexibility index (Phi) is 13.4. The number of unbranched alkanes of at least 4 members (excludes halogenated alkanes) is 1. The number of nitrogens with one attached hydrogen (secondary N) is 4. The Balaban J connectivity index is 2.54. The number of rotatable bonds is 14. The van der Waals surface area contributed by atoms with Gasteiger partial charge in [0.2, 0.25) is 17.7 Å². The van der Waals surface area contributed by atoms with Gasteiger partial charge in [0.15, 0.2) is 0 Å². The number of ether oxygens (including phenoxy) is 1. The average molecular weight is 492 g/mol. The number of carbonyl (C=O) groups is 4. The fourth-order valence-corrected chi connectivity index (χ4v) is 3.00. The zero-order valence-electron chi connectivity index (χ0n) is 21.5. The predicted octanol–water partition coefficient (Wildman–Crippen LogP) is 2.28. The van der Waals surface area contributed by atoms with Gasteiger partial charge >= 0.3 is 6.09 Å². The van der Waals surface area contributed by atoms with Crippen LogP contribution in [0.15, 0.2) is 24.3 Å². The number of hydrogen-bond acceptors (Lipinski definition) is 6. The van der Waals surface area contributed by atoms with Crippen LogP contribution in [0.1, 0.15) is 59.4 Å². The summed E-state index contributed by atoms with van der Waals surface area (Å²) in [7, 11) is 0. The van der Waals surface area contributed by atoms with E-state index in [0.29, 0.717) is 37.5 Å². The first kappa shape index (κ1) is 29.9. The molecule has 2 atom stereocenters. The van der Waals surface area contributed by atoms with Gasteiger partial charge in [-0.1, -0.05) is 39.8 Å². The predicted molar refractivity (Wildman–Crippen MR) is 135 cm³/mol. The maximum Gasteiger partial charge on any atom is 0.407 e. The smallest absolute Gasteiger partial charge is 0.407 e. The molecule has 1 aromatic carbocycles. The Morgan fingerprint density at radius 3 is 2.14 bits per heavy atom. The second-order valence-electron chi connectivity index (χ2n) is 9.30. The van der Waals surface area contributed by atoms with E-state index >= 15 is 0 Å². The van der Waals surface area contributed by atoms with Gasteiger partial charge in [-0.2, -0.15) is 0 Å². The highest BCUT2D eigenvalue weighted by atomic mass is 16.5. The third-order valence-corrected chi connectivity index (χ3v) is 5.12. The lowest BCUT2D eigenvalue weighted by Gasteiger charge is -2.24. The summed E-state index contributed by atoms with van der Waals surface area (Å²) >= 11 is 0. The quantitative estimate of drug-likeness (QED) is 0.252. The van der Waals surface area contributed by atoms with Gasteiger partial charge < -0.3 is 31.7 Å². The van der Waals surface area contributed by atoms with Crippen molar-refractivity contribution in [2.75, 3.05) is 18.4 Å². The Morgan fingerprint density at radius 1 is 0.914 bits per heavy atom. The van der Waals surface area contributed by atoms with Crippen LogP contribution in [0.3, 0.4) is 0 Å². The third-order valence-electron chi connectivity index (χ3n) is 5.12. The van der Waals surface area contributed by atoms with Crippen LogP contribution in [0.25, 0.3) is 0 Å². The number of carbonyl (C=O) groups excluding carboxylic acids is 4. The van der Waals surface area contributed by atoms with Crippen molar-refractivity contribution in [1.82, 2.24) is 16.0 Å². The highest BCUT2D eigenvalue weighted by Gasteiger charge is 2.26. The highest BCUT2D eigenvalue weighted by Crippen LogP contribution is 2.11. The molecule has 0 aliphatic heterocycles. The second-order valence-corrected chi connectivity index (χ2v) is 9.30. The molecule has 0 aromatic heterocycles. The molecule has 10 nitrogen and oxygen atoms in total. The van der Waals surface area contributed by atoms with E-state index in [1.54, 1.807) is 31.2 Å². The number of amides is 4. The van der Waals surface area contributed by atoms with Crippen molar-refractivity contribution in [2.45, 2.75) is 72.6 Å². The third kappa shape index (κ3) is 12.2. The standard InChI is InChI=1S/C25H41N5O5/c1-16(2)14-27-25(34)35-15-19-9-11-20(12-10-19)29-23(32)18(5)28-24(33)22(17(3)4)30-21(31)8-6-7-13-26/h9-12,16-18,22H,6-8,13-15,26H2,1-5H3,(H,27,34)(H,28,33)(H,29,32)(H,30,31)/t18-,22-/m0/s1. The largest absolute Gasteiger partial charge is 0.445 e. The average Bonchev–Trinajstić information content (AvgIpc) is 2.80. The molecule has 196 valence electrons. The molecule has 10 heteroatoms. The Hall–Kier alpha value is -3.14. The van der Waals surface area contributed by atoms with Gasteiger partial charge in [0.25, 0.3) is 0 Å². The first-order valence-corrected chi connectivity index (χ1v) is 12.1. The fourth-order valence-electron chi connectivity index (χ4n) is 3.00. The summed E-state index contributed by atoms with van der Waals surface area (Å²) in [5.74, 6) is -0.846. The maximum absolute atomic E-state index is 12.7.